The molecule has 3 aromatic rings. The summed E-state index contributed by atoms with van der Waals surface area (Å²) in [6.07, 6.45) is 3.06. The zero-order chi connectivity index (χ0) is 24.3. The van der Waals surface area contributed by atoms with Crippen LogP contribution in [0.25, 0.3) is 11.3 Å². The SMILES string of the molecule is CC(C)Oc1c2c(nn1Cc1ccc(-c3cccc(F)n3)cc1)N1C(=NC3CCCC31)N(C)C2=O. The Labute approximate surface area is 203 Å². The number of ether oxygens (including phenoxy) is 1. The van der Waals surface area contributed by atoms with Crippen molar-refractivity contribution in [1.82, 2.24) is 19.7 Å². The predicted molar refractivity (Wildman–Crippen MR) is 130 cm³/mol. The third-order valence-electron chi connectivity index (χ3n) is 6.85. The van der Waals surface area contributed by atoms with Crippen LogP contribution in [0.2, 0.25) is 0 Å². The number of aliphatic imine (C=N–C) groups is 1. The van der Waals surface area contributed by atoms with Crippen LogP contribution in [-0.2, 0) is 6.54 Å². The number of amides is 1. The second-order valence-corrected chi connectivity index (χ2v) is 9.60. The van der Waals surface area contributed by atoms with Gasteiger partial charge in [0.2, 0.25) is 17.8 Å². The first-order valence-corrected chi connectivity index (χ1v) is 12.0. The Hall–Kier alpha value is -3.75. The summed E-state index contributed by atoms with van der Waals surface area (Å²) in [5.41, 5.74) is 2.88. The zero-order valence-corrected chi connectivity index (χ0v) is 20.0. The molecular formula is C26H27FN6O2. The molecule has 3 aliphatic rings. The minimum Gasteiger partial charge on any atom is -0.474 e. The number of halogens is 1. The smallest absolute Gasteiger partial charge is 0.269 e. The van der Waals surface area contributed by atoms with E-state index in [-0.39, 0.29) is 24.1 Å². The van der Waals surface area contributed by atoms with E-state index in [1.165, 1.54) is 6.07 Å². The zero-order valence-electron chi connectivity index (χ0n) is 20.0. The molecule has 4 heterocycles. The van der Waals surface area contributed by atoms with E-state index >= 15 is 0 Å². The van der Waals surface area contributed by atoms with Gasteiger partial charge in [-0.25, -0.2) is 14.7 Å². The van der Waals surface area contributed by atoms with Gasteiger partial charge in [0.1, 0.15) is 5.56 Å². The van der Waals surface area contributed by atoms with Crippen molar-refractivity contribution in [2.45, 2.75) is 57.8 Å². The van der Waals surface area contributed by atoms with Crippen LogP contribution < -0.4 is 9.64 Å². The Kier molecular flexibility index (Phi) is 5.09. The van der Waals surface area contributed by atoms with E-state index < -0.39 is 5.95 Å². The van der Waals surface area contributed by atoms with Gasteiger partial charge in [-0.05, 0) is 50.8 Å². The molecule has 6 rings (SSSR count). The molecule has 1 fully saturated rings. The molecule has 0 N–H and O–H groups in total. The van der Waals surface area contributed by atoms with Gasteiger partial charge < -0.3 is 4.74 Å². The van der Waals surface area contributed by atoms with Crippen molar-refractivity contribution in [2.24, 2.45) is 4.99 Å². The number of anilines is 1. The number of rotatable bonds is 5. The van der Waals surface area contributed by atoms with Crippen molar-refractivity contribution in [2.75, 3.05) is 11.9 Å². The van der Waals surface area contributed by atoms with Gasteiger partial charge in [0.25, 0.3) is 5.91 Å². The van der Waals surface area contributed by atoms with E-state index in [4.69, 9.17) is 14.8 Å². The number of benzene rings is 1. The Bertz CT molecular complexity index is 1330. The molecule has 2 aromatic heterocycles. The second kappa shape index (κ2) is 8.18. The number of fused-ring (bicyclic) bond motifs is 5. The monoisotopic (exact) mass is 474 g/mol. The summed E-state index contributed by atoms with van der Waals surface area (Å²) in [5, 5.41) is 4.91. The number of nitrogens with zero attached hydrogens (tertiary/aromatic N) is 6. The van der Waals surface area contributed by atoms with Crippen molar-refractivity contribution in [3.63, 3.8) is 0 Å². The van der Waals surface area contributed by atoms with Crippen molar-refractivity contribution in [3.8, 4) is 17.1 Å². The molecule has 0 saturated heterocycles. The lowest BCUT2D eigenvalue weighted by atomic mass is 10.1. The van der Waals surface area contributed by atoms with E-state index in [9.17, 15) is 9.18 Å². The van der Waals surface area contributed by atoms with E-state index in [2.05, 4.69) is 9.88 Å². The normalized spacial score (nSPS) is 20.7. The van der Waals surface area contributed by atoms with Crippen LogP contribution in [0.3, 0.4) is 0 Å². The average Bonchev–Trinajstić information content (AvgIpc) is 3.51. The molecular weight excluding hydrogens is 447 g/mol. The van der Waals surface area contributed by atoms with Gasteiger partial charge in [-0.2, -0.15) is 9.49 Å². The van der Waals surface area contributed by atoms with Gasteiger partial charge in [-0.1, -0.05) is 30.3 Å². The minimum atomic E-state index is -0.506. The summed E-state index contributed by atoms with van der Waals surface area (Å²) in [6.45, 7) is 4.31. The Morgan fingerprint density at radius 2 is 1.94 bits per heavy atom. The van der Waals surface area contributed by atoms with Crippen LogP contribution in [0, 0.1) is 5.95 Å². The van der Waals surface area contributed by atoms with E-state index in [1.807, 2.05) is 38.1 Å². The maximum Gasteiger partial charge on any atom is 0.269 e. The first kappa shape index (κ1) is 21.8. The van der Waals surface area contributed by atoms with Gasteiger partial charge in [0, 0.05) is 12.6 Å². The fourth-order valence-corrected chi connectivity index (χ4v) is 5.25. The third kappa shape index (κ3) is 3.57. The summed E-state index contributed by atoms with van der Waals surface area (Å²) in [5.74, 6) is 1.14. The first-order valence-electron chi connectivity index (χ1n) is 12.0. The molecule has 1 saturated carbocycles. The molecule has 2 atom stereocenters. The molecule has 1 amide bonds. The topological polar surface area (TPSA) is 75.8 Å². The maximum absolute atomic E-state index is 13.5. The van der Waals surface area contributed by atoms with Crippen molar-refractivity contribution >= 4 is 17.7 Å². The molecule has 180 valence electrons. The molecule has 35 heavy (non-hydrogen) atoms. The third-order valence-corrected chi connectivity index (χ3v) is 6.85. The van der Waals surface area contributed by atoms with Gasteiger partial charge in [-0.15, -0.1) is 0 Å². The molecule has 1 aromatic carbocycles. The first-order chi connectivity index (χ1) is 16.9. The van der Waals surface area contributed by atoms with Crippen molar-refractivity contribution in [3.05, 3.63) is 59.5 Å². The number of hydrogen-bond donors (Lipinski definition) is 0. The highest BCUT2D eigenvalue weighted by Crippen LogP contribution is 2.43. The lowest BCUT2D eigenvalue weighted by Crippen LogP contribution is -2.51. The molecule has 0 spiro atoms. The highest BCUT2D eigenvalue weighted by atomic mass is 19.1. The molecule has 2 unspecified atom stereocenters. The number of carbonyl (C=O) groups excluding carboxylic acids is 1. The molecule has 0 bridgehead atoms. The fourth-order valence-electron chi connectivity index (χ4n) is 5.25. The molecule has 9 heteroatoms. The summed E-state index contributed by atoms with van der Waals surface area (Å²) in [4.78, 5) is 26.0. The highest BCUT2D eigenvalue weighted by Gasteiger charge is 2.49. The van der Waals surface area contributed by atoms with Crippen LogP contribution in [0.5, 0.6) is 5.88 Å². The van der Waals surface area contributed by atoms with Gasteiger partial charge >= 0.3 is 0 Å². The summed E-state index contributed by atoms with van der Waals surface area (Å²) >= 11 is 0. The Morgan fingerprint density at radius 1 is 1.14 bits per heavy atom. The van der Waals surface area contributed by atoms with E-state index in [0.29, 0.717) is 35.5 Å². The fraction of sp³-hybridized carbons (Fsp3) is 0.385. The number of pyridine rings is 1. The number of aromatic nitrogens is 3. The largest absolute Gasteiger partial charge is 0.474 e. The second-order valence-electron chi connectivity index (χ2n) is 9.60. The average molecular weight is 475 g/mol. The van der Waals surface area contributed by atoms with Crippen LogP contribution in [-0.4, -0.2) is 56.8 Å². The van der Waals surface area contributed by atoms with Crippen LogP contribution in [0.1, 0.15) is 49.0 Å². The lowest BCUT2D eigenvalue weighted by Gasteiger charge is -2.33. The Morgan fingerprint density at radius 3 is 2.69 bits per heavy atom. The standard InChI is InChI=1S/C26H27FN6O2/c1-15(2)35-25-22-23(33-20-8-4-7-19(20)29-26(33)31(3)24(22)34)30-32(25)14-16-10-12-17(13-11-16)18-6-5-9-21(27)28-18/h5-6,9-13,15,19-20H,4,7-8,14H2,1-3H3. The van der Waals surface area contributed by atoms with E-state index in [0.717, 1.165) is 30.4 Å². The molecule has 2 aliphatic heterocycles. The minimum absolute atomic E-state index is 0.123. The van der Waals surface area contributed by atoms with Gasteiger partial charge in [-0.3, -0.25) is 14.6 Å². The predicted octanol–water partition coefficient (Wildman–Crippen LogP) is 4.10. The lowest BCUT2D eigenvalue weighted by molar-refractivity contribution is 0.0857. The quantitative estimate of drug-likeness (QED) is 0.521. The highest BCUT2D eigenvalue weighted by molar-refractivity contribution is 6.19. The Balaban J connectivity index is 1.38. The van der Waals surface area contributed by atoms with Crippen LogP contribution in [0.4, 0.5) is 10.2 Å². The summed E-state index contributed by atoms with van der Waals surface area (Å²) in [6, 6.07) is 12.9. The number of carbonyl (C=O) groups is 1. The van der Waals surface area contributed by atoms with Crippen LogP contribution in [0.15, 0.2) is 47.5 Å². The summed E-state index contributed by atoms with van der Waals surface area (Å²) in [7, 11) is 1.77. The van der Waals surface area contributed by atoms with Crippen molar-refractivity contribution < 1.29 is 13.9 Å². The molecule has 8 nitrogen and oxygen atoms in total. The maximum atomic E-state index is 13.5. The van der Waals surface area contributed by atoms with E-state index in [1.54, 1.807) is 28.8 Å². The molecule has 1 aliphatic carbocycles. The van der Waals surface area contributed by atoms with Crippen molar-refractivity contribution in [1.29, 1.82) is 0 Å². The van der Waals surface area contributed by atoms with Crippen LogP contribution >= 0.6 is 0 Å². The number of guanidine groups is 1. The molecule has 0 radical (unpaired) electrons. The number of hydrogen-bond acceptors (Lipinski definition) is 6. The summed E-state index contributed by atoms with van der Waals surface area (Å²) < 4.78 is 21.5. The van der Waals surface area contributed by atoms with Gasteiger partial charge in [0.15, 0.2) is 5.82 Å². The van der Waals surface area contributed by atoms with Gasteiger partial charge in [0.05, 0.1) is 30.4 Å².